The van der Waals surface area contributed by atoms with Crippen molar-refractivity contribution in [2.24, 2.45) is 0 Å². The Morgan fingerprint density at radius 3 is 2.35 bits per heavy atom. The van der Waals surface area contributed by atoms with Crippen LogP contribution in [0.2, 0.25) is 0 Å². The van der Waals surface area contributed by atoms with Gasteiger partial charge in [-0.1, -0.05) is 31.9 Å². The normalized spacial score (nSPS) is 11.7. The van der Waals surface area contributed by atoms with Crippen LogP contribution in [0.5, 0.6) is 11.5 Å². The van der Waals surface area contributed by atoms with E-state index in [1.807, 2.05) is 47.1 Å². The zero-order valence-electron chi connectivity index (χ0n) is 24.4. The monoisotopic (exact) mass is 539 g/mol. The maximum absolute atomic E-state index is 12.0. The summed E-state index contributed by atoms with van der Waals surface area (Å²) < 4.78 is 18.6. The summed E-state index contributed by atoms with van der Waals surface area (Å²) in [4.78, 5) is 16.9. The smallest absolute Gasteiger partial charge is 0.307 e. The largest absolute Gasteiger partial charge is 0.497 e. The van der Waals surface area contributed by atoms with Gasteiger partial charge in [0.2, 0.25) is 0 Å². The van der Waals surface area contributed by atoms with Gasteiger partial charge in [0.15, 0.2) is 11.5 Å². The van der Waals surface area contributed by atoms with Gasteiger partial charge >= 0.3 is 5.97 Å². The topological polar surface area (TPSA) is 75.0 Å². The lowest BCUT2D eigenvalue weighted by molar-refractivity contribution is -0.143. The molecule has 0 bridgehead atoms. The maximum Gasteiger partial charge on any atom is 0.307 e. The molecule has 0 amide bonds. The van der Waals surface area contributed by atoms with Crippen LogP contribution in [0.1, 0.15) is 74.0 Å². The van der Waals surface area contributed by atoms with Crippen LogP contribution in [0.4, 0.5) is 0 Å². The van der Waals surface area contributed by atoms with Crippen molar-refractivity contribution in [3.8, 4) is 34.5 Å². The van der Waals surface area contributed by atoms with E-state index in [1.165, 1.54) is 0 Å². The van der Waals surface area contributed by atoms with Gasteiger partial charge in [-0.2, -0.15) is 5.10 Å². The van der Waals surface area contributed by atoms with E-state index in [0.717, 1.165) is 56.4 Å². The van der Waals surface area contributed by atoms with E-state index >= 15 is 0 Å². The molecule has 40 heavy (non-hydrogen) atoms. The van der Waals surface area contributed by atoms with Crippen LogP contribution < -0.4 is 9.47 Å². The fourth-order valence-electron chi connectivity index (χ4n) is 4.81. The number of benzene rings is 2. The summed E-state index contributed by atoms with van der Waals surface area (Å²) in [6.45, 7) is 12.6. The van der Waals surface area contributed by atoms with Crippen molar-refractivity contribution in [3.63, 3.8) is 0 Å². The average Bonchev–Trinajstić information content (AvgIpc) is 3.36. The highest BCUT2D eigenvalue weighted by Gasteiger charge is 2.18. The number of aromatic nitrogens is 3. The Hall–Kier alpha value is -4.31. The first kappa shape index (κ1) is 28.7. The van der Waals surface area contributed by atoms with Gasteiger partial charge < -0.3 is 14.2 Å². The maximum atomic E-state index is 12.0. The van der Waals surface area contributed by atoms with Crippen molar-refractivity contribution in [3.05, 3.63) is 76.7 Å². The summed E-state index contributed by atoms with van der Waals surface area (Å²) >= 11 is 0. The lowest BCUT2D eigenvalue weighted by Gasteiger charge is -2.15. The third-order valence-electron chi connectivity index (χ3n) is 6.72. The third kappa shape index (κ3) is 6.45. The van der Waals surface area contributed by atoms with E-state index in [9.17, 15) is 4.79 Å². The van der Waals surface area contributed by atoms with Crippen LogP contribution in [0.15, 0.2) is 48.7 Å². The zero-order chi connectivity index (χ0) is 28.8. The molecule has 7 heteroatoms. The van der Waals surface area contributed by atoms with Gasteiger partial charge in [0, 0.05) is 23.2 Å². The van der Waals surface area contributed by atoms with Crippen molar-refractivity contribution in [1.29, 1.82) is 0 Å². The number of ether oxygens (including phenoxy) is 3. The highest BCUT2D eigenvalue weighted by molar-refractivity contribution is 5.82. The minimum atomic E-state index is -0.252. The molecule has 0 aliphatic rings. The van der Waals surface area contributed by atoms with E-state index in [1.54, 1.807) is 21.0 Å². The summed E-state index contributed by atoms with van der Waals surface area (Å²) in [5.74, 6) is 8.12. The molecule has 2 aromatic carbocycles. The molecule has 2 aromatic heterocycles. The molecule has 4 rings (SSSR count). The SMILES string of the molecule is CC#CC(CC(=O)OCC)c1ccc(OCc2cc(-c3c(C)cc(OC)cc3C)c3nc(C(C)C)nn3c2)cc1. The van der Waals surface area contributed by atoms with Crippen LogP contribution in [0.3, 0.4) is 0 Å². The molecule has 208 valence electrons. The first-order valence-corrected chi connectivity index (χ1v) is 13.6. The van der Waals surface area contributed by atoms with Gasteiger partial charge in [-0.25, -0.2) is 9.50 Å². The standard InChI is InChI=1S/C33H37N3O4/c1-8-10-26(18-30(37)39-9-2)25-11-13-27(14-12-25)40-20-24-17-29(31-22(5)15-28(38-7)16-23(31)6)33-34-32(21(3)4)35-36(33)19-24/h11-17,19,21,26H,9,18,20H2,1-7H3. The number of aryl methyl sites for hydroxylation is 2. The number of esters is 1. The number of fused-ring (bicyclic) bond motifs is 1. The number of hydrogen-bond acceptors (Lipinski definition) is 6. The quantitative estimate of drug-likeness (QED) is 0.163. The van der Waals surface area contributed by atoms with Crippen molar-refractivity contribution in [2.75, 3.05) is 13.7 Å². The molecule has 1 unspecified atom stereocenters. The zero-order valence-corrected chi connectivity index (χ0v) is 24.4. The first-order valence-electron chi connectivity index (χ1n) is 13.6. The Morgan fingerprint density at radius 1 is 1.05 bits per heavy atom. The summed E-state index contributed by atoms with van der Waals surface area (Å²) in [6.07, 6.45) is 2.20. The molecule has 1 atom stereocenters. The second-order valence-corrected chi connectivity index (χ2v) is 10.1. The van der Waals surface area contributed by atoms with Gasteiger partial charge in [0.25, 0.3) is 0 Å². The molecule has 0 spiro atoms. The second kappa shape index (κ2) is 12.7. The fourth-order valence-corrected chi connectivity index (χ4v) is 4.81. The second-order valence-electron chi connectivity index (χ2n) is 10.1. The predicted octanol–water partition coefficient (Wildman–Crippen LogP) is 6.78. The Kier molecular flexibility index (Phi) is 9.11. The van der Waals surface area contributed by atoms with Gasteiger partial charge in [-0.05, 0) is 80.3 Å². The van der Waals surface area contributed by atoms with Crippen LogP contribution in [0, 0.1) is 25.7 Å². The number of carbonyl (C=O) groups is 1. The molecule has 0 aliphatic heterocycles. The molecular formula is C33H37N3O4. The molecule has 0 saturated heterocycles. The van der Waals surface area contributed by atoms with E-state index in [4.69, 9.17) is 24.3 Å². The van der Waals surface area contributed by atoms with Gasteiger partial charge in [-0.15, -0.1) is 5.92 Å². The third-order valence-corrected chi connectivity index (χ3v) is 6.72. The van der Waals surface area contributed by atoms with E-state index in [2.05, 4.69) is 45.6 Å². The first-order chi connectivity index (χ1) is 19.2. The molecule has 2 heterocycles. The average molecular weight is 540 g/mol. The molecule has 7 nitrogen and oxygen atoms in total. The Labute approximate surface area is 236 Å². The Morgan fingerprint density at radius 2 is 1.75 bits per heavy atom. The van der Waals surface area contributed by atoms with Gasteiger partial charge in [0.05, 0.1) is 26.1 Å². The Bertz CT molecular complexity index is 1540. The molecule has 0 N–H and O–H groups in total. The number of rotatable bonds is 10. The number of methoxy groups -OCH3 is 1. The van der Waals surface area contributed by atoms with Gasteiger partial charge in [-0.3, -0.25) is 4.79 Å². The molecule has 4 aromatic rings. The molecular weight excluding hydrogens is 502 g/mol. The highest BCUT2D eigenvalue weighted by atomic mass is 16.5. The Balaban J connectivity index is 1.63. The van der Waals surface area contributed by atoms with Crippen molar-refractivity contribution in [1.82, 2.24) is 14.6 Å². The molecule has 0 fully saturated rings. The molecule has 0 aliphatic carbocycles. The number of nitrogens with zero attached hydrogens (tertiary/aromatic N) is 3. The number of carbonyl (C=O) groups excluding carboxylic acids is 1. The van der Waals surface area contributed by atoms with Crippen molar-refractivity contribution < 1.29 is 19.0 Å². The lowest BCUT2D eigenvalue weighted by atomic mass is 9.95. The molecule has 0 saturated carbocycles. The summed E-state index contributed by atoms with van der Waals surface area (Å²) in [6, 6.07) is 13.9. The number of hydrogen-bond donors (Lipinski definition) is 0. The van der Waals surface area contributed by atoms with E-state index in [-0.39, 0.29) is 24.2 Å². The predicted molar refractivity (Wildman–Crippen MR) is 157 cm³/mol. The summed E-state index contributed by atoms with van der Waals surface area (Å²) in [5, 5.41) is 4.77. The van der Waals surface area contributed by atoms with Crippen LogP contribution in [0.25, 0.3) is 16.8 Å². The summed E-state index contributed by atoms with van der Waals surface area (Å²) in [5.41, 5.74) is 7.07. The fraction of sp³-hybridized carbons (Fsp3) is 0.364. The minimum absolute atomic E-state index is 0.203. The highest BCUT2D eigenvalue weighted by Crippen LogP contribution is 2.34. The minimum Gasteiger partial charge on any atom is -0.497 e. The van der Waals surface area contributed by atoms with Gasteiger partial charge in [0.1, 0.15) is 18.1 Å². The summed E-state index contributed by atoms with van der Waals surface area (Å²) in [7, 11) is 1.68. The van der Waals surface area contributed by atoms with E-state index in [0.29, 0.717) is 13.2 Å². The van der Waals surface area contributed by atoms with Crippen LogP contribution in [-0.2, 0) is 16.1 Å². The van der Waals surface area contributed by atoms with Crippen molar-refractivity contribution >= 4 is 11.6 Å². The number of pyridine rings is 1. The van der Waals surface area contributed by atoms with Crippen LogP contribution >= 0.6 is 0 Å². The van der Waals surface area contributed by atoms with Crippen LogP contribution in [-0.4, -0.2) is 34.3 Å². The lowest BCUT2D eigenvalue weighted by Crippen LogP contribution is -2.09. The van der Waals surface area contributed by atoms with Crippen molar-refractivity contribution in [2.45, 2.75) is 66.4 Å². The van der Waals surface area contributed by atoms with E-state index < -0.39 is 0 Å². The molecule has 0 radical (unpaired) electrons.